The molecule has 0 radical (unpaired) electrons. The van der Waals surface area contributed by atoms with Crippen molar-refractivity contribution in [2.75, 3.05) is 39.3 Å². The molecule has 2 N–H and O–H groups in total. The second-order valence-corrected chi connectivity index (χ2v) is 9.13. The van der Waals surface area contributed by atoms with Crippen molar-refractivity contribution in [1.29, 1.82) is 0 Å². The molecule has 0 spiro atoms. The summed E-state index contributed by atoms with van der Waals surface area (Å²) in [5.41, 5.74) is 0. The number of halogens is 2. The van der Waals surface area contributed by atoms with Crippen molar-refractivity contribution >= 4 is 39.1 Å². The molecule has 0 atom stereocenters. The molecule has 0 aromatic heterocycles. The lowest BCUT2D eigenvalue weighted by Gasteiger charge is -2.31. The zero-order chi connectivity index (χ0) is 19.2. The Morgan fingerprint density at radius 2 is 1.81 bits per heavy atom. The molecule has 0 aliphatic carbocycles. The van der Waals surface area contributed by atoms with E-state index >= 15 is 0 Å². The lowest BCUT2D eigenvalue weighted by atomic mass is 10.2. The van der Waals surface area contributed by atoms with Crippen LogP contribution in [0.4, 0.5) is 0 Å². The molecule has 0 unspecified atom stereocenters. The zero-order valence-electron chi connectivity index (χ0n) is 14.9. The highest BCUT2D eigenvalue weighted by molar-refractivity contribution is 7.89. The summed E-state index contributed by atoms with van der Waals surface area (Å²) < 4.78 is 27.0. The Kier molecular flexibility index (Phi) is 8.16. The van der Waals surface area contributed by atoms with E-state index in [1.807, 2.05) is 0 Å². The van der Waals surface area contributed by atoms with Crippen molar-refractivity contribution in [2.45, 2.75) is 31.1 Å². The van der Waals surface area contributed by atoms with E-state index in [-0.39, 0.29) is 20.8 Å². The molecule has 1 aromatic carbocycles. The molecule has 1 amide bonds. The molecule has 9 heteroatoms. The standard InChI is InChI=1S/C17H25Cl2N3O3S/c1-2-3-4-8-20-16(23)13-21-9-11-22(12-10-21)26(24,25)17-14(18)6-5-7-15(17)19/h5-7H,2-4,8-13H2,1H3,(H,20,23)/p+1. The number of benzene rings is 1. The number of rotatable bonds is 8. The van der Waals surface area contributed by atoms with Gasteiger partial charge < -0.3 is 10.2 Å². The van der Waals surface area contributed by atoms with Gasteiger partial charge in [-0.05, 0) is 18.6 Å². The lowest BCUT2D eigenvalue weighted by Crippen LogP contribution is -3.15. The second-order valence-electron chi connectivity index (χ2n) is 6.44. The SMILES string of the molecule is CCCCCNC(=O)C[NH+]1CCN(S(=O)(=O)c2c(Cl)cccc2Cl)CC1. The number of piperazine rings is 1. The first kappa shape index (κ1) is 21.4. The Morgan fingerprint density at radius 1 is 1.19 bits per heavy atom. The fourth-order valence-corrected chi connectivity index (χ4v) is 5.50. The van der Waals surface area contributed by atoms with Gasteiger partial charge in [-0.25, -0.2) is 8.42 Å². The number of hydrogen-bond acceptors (Lipinski definition) is 3. The predicted molar refractivity (Wildman–Crippen MR) is 103 cm³/mol. The second kappa shape index (κ2) is 9.90. The molecule has 1 fully saturated rings. The molecule has 0 bridgehead atoms. The third-order valence-electron chi connectivity index (χ3n) is 4.46. The topological polar surface area (TPSA) is 70.9 Å². The highest BCUT2D eigenvalue weighted by Crippen LogP contribution is 2.31. The van der Waals surface area contributed by atoms with Gasteiger partial charge in [-0.15, -0.1) is 0 Å². The van der Waals surface area contributed by atoms with Gasteiger partial charge in [0.25, 0.3) is 5.91 Å². The summed E-state index contributed by atoms with van der Waals surface area (Å²) in [6.45, 7) is 5.01. The molecule has 1 aliphatic rings. The number of unbranched alkanes of at least 4 members (excludes halogenated alkanes) is 2. The van der Waals surface area contributed by atoms with Crippen LogP contribution in [0.3, 0.4) is 0 Å². The molecular formula is C17H26Cl2N3O3S+. The van der Waals surface area contributed by atoms with Crippen LogP contribution in [0, 0.1) is 0 Å². The molecule has 146 valence electrons. The summed E-state index contributed by atoms with van der Waals surface area (Å²) in [7, 11) is -3.74. The van der Waals surface area contributed by atoms with Crippen LogP contribution < -0.4 is 10.2 Å². The third-order valence-corrected chi connectivity index (χ3v) is 7.31. The van der Waals surface area contributed by atoms with Gasteiger partial charge >= 0.3 is 0 Å². The Bertz CT molecular complexity index is 700. The van der Waals surface area contributed by atoms with E-state index in [4.69, 9.17) is 23.2 Å². The minimum absolute atomic E-state index is 0.0153. The molecule has 2 rings (SSSR count). The molecular weight excluding hydrogens is 397 g/mol. The molecule has 6 nitrogen and oxygen atoms in total. The van der Waals surface area contributed by atoms with Crippen LogP contribution in [0.1, 0.15) is 26.2 Å². The van der Waals surface area contributed by atoms with E-state index in [2.05, 4.69) is 12.2 Å². The number of sulfonamides is 1. The molecule has 1 aliphatic heterocycles. The van der Waals surface area contributed by atoms with Crippen molar-refractivity contribution in [2.24, 2.45) is 0 Å². The quantitative estimate of drug-likeness (QED) is 0.618. The van der Waals surface area contributed by atoms with Crippen LogP contribution in [0.5, 0.6) is 0 Å². The first-order valence-corrected chi connectivity index (χ1v) is 11.1. The Morgan fingerprint density at radius 3 is 2.38 bits per heavy atom. The van der Waals surface area contributed by atoms with Gasteiger partial charge in [0.15, 0.2) is 6.54 Å². The molecule has 26 heavy (non-hydrogen) atoms. The zero-order valence-corrected chi connectivity index (χ0v) is 17.3. The first-order chi connectivity index (χ1) is 12.4. The van der Waals surface area contributed by atoms with Crippen molar-refractivity contribution in [1.82, 2.24) is 9.62 Å². The maximum absolute atomic E-state index is 12.8. The monoisotopic (exact) mass is 422 g/mol. The van der Waals surface area contributed by atoms with Crippen LogP contribution in [-0.2, 0) is 14.8 Å². The minimum Gasteiger partial charge on any atom is -0.351 e. The predicted octanol–water partition coefficient (Wildman–Crippen LogP) is 1.19. The molecule has 0 saturated carbocycles. The van der Waals surface area contributed by atoms with E-state index in [1.165, 1.54) is 16.4 Å². The van der Waals surface area contributed by atoms with E-state index in [9.17, 15) is 13.2 Å². The smallest absolute Gasteiger partial charge is 0.275 e. The average molecular weight is 423 g/mol. The van der Waals surface area contributed by atoms with Crippen molar-refractivity contribution < 1.29 is 18.1 Å². The van der Waals surface area contributed by atoms with Gasteiger partial charge in [0.2, 0.25) is 10.0 Å². The Balaban J connectivity index is 1.89. The number of quaternary nitrogens is 1. The van der Waals surface area contributed by atoms with E-state index in [0.717, 1.165) is 24.2 Å². The number of hydrogen-bond donors (Lipinski definition) is 2. The van der Waals surface area contributed by atoms with Crippen molar-refractivity contribution in [3.8, 4) is 0 Å². The van der Waals surface area contributed by atoms with Gasteiger partial charge in [0, 0.05) is 6.54 Å². The Labute approximate surface area is 165 Å². The first-order valence-electron chi connectivity index (χ1n) is 8.90. The number of nitrogens with one attached hydrogen (secondary N) is 2. The number of nitrogens with zero attached hydrogens (tertiary/aromatic N) is 1. The normalized spacial score (nSPS) is 16.6. The number of carbonyl (C=O) groups is 1. The van der Waals surface area contributed by atoms with Gasteiger partial charge in [0.1, 0.15) is 4.90 Å². The Hall–Kier alpha value is -0.860. The maximum Gasteiger partial charge on any atom is 0.275 e. The molecule has 1 heterocycles. The summed E-state index contributed by atoms with van der Waals surface area (Å²) in [5.74, 6) is 0.0153. The fourth-order valence-electron chi connectivity index (χ4n) is 2.97. The average Bonchev–Trinajstić information content (AvgIpc) is 2.59. The number of carbonyl (C=O) groups excluding carboxylic acids is 1. The van der Waals surface area contributed by atoms with Crippen LogP contribution in [0.2, 0.25) is 10.0 Å². The third kappa shape index (κ3) is 5.57. The minimum atomic E-state index is -3.74. The molecule has 1 saturated heterocycles. The van der Waals surface area contributed by atoms with Crippen LogP contribution >= 0.6 is 23.2 Å². The van der Waals surface area contributed by atoms with Crippen LogP contribution in [0.15, 0.2) is 23.1 Å². The van der Waals surface area contributed by atoms with E-state index in [0.29, 0.717) is 39.3 Å². The van der Waals surface area contributed by atoms with Gasteiger partial charge in [-0.1, -0.05) is 49.0 Å². The fraction of sp³-hybridized carbons (Fsp3) is 0.588. The summed E-state index contributed by atoms with van der Waals surface area (Å²) in [4.78, 5) is 13.0. The van der Waals surface area contributed by atoms with Crippen LogP contribution in [0.25, 0.3) is 0 Å². The van der Waals surface area contributed by atoms with Crippen molar-refractivity contribution in [3.05, 3.63) is 28.2 Å². The van der Waals surface area contributed by atoms with Crippen molar-refractivity contribution in [3.63, 3.8) is 0 Å². The van der Waals surface area contributed by atoms with Crippen LogP contribution in [-0.4, -0.2) is 57.9 Å². The van der Waals surface area contributed by atoms with Gasteiger partial charge in [-0.2, -0.15) is 4.31 Å². The summed E-state index contributed by atoms with van der Waals surface area (Å²) in [5, 5.41) is 3.17. The maximum atomic E-state index is 12.8. The largest absolute Gasteiger partial charge is 0.351 e. The highest BCUT2D eigenvalue weighted by Gasteiger charge is 2.33. The van der Waals surface area contributed by atoms with Gasteiger partial charge in [0.05, 0.1) is 36.2 Å². The summed E-state index contributed by atoms with van der Waals surface area (Å²) in [6, 6.07) is 4.65. The van der Waals surface area contributed by atoms with E-state index < -0.39 is 10.0 Å². The molecule has 1 aromatic rings. The van der Waals surface area contributed by atoms with Gasteiger partial charge in [-0.3, -0.25) is 4.79 Å². The lowest BCUT2D eigenvalue weighted by molar-refractivity contribution is -0.895. The summed E-state index contributed by atoms with van der Waals surface area (Å²) >= 11 is 12.1. The highest BCUT2D eigenvalue weighted by atomic mass is 35.5. The summed E-state index contributed by atoms with van der Waals surface area (Å²) in [6.07, 6.45) is 3.21. The van der Waals surface area contributed by atoms with E-state index in [1.54, 1.807) is 6.07 Å². The number of amides is 1.